The maximum absolute atomic E-state index is 14.0. The molecular weight excluding hydrogens is 530 g/mol. The van der Waals surface area contributed by atoms with E-state index in [4.69, 9.17) is 32.5 Å². The molecule has 2 aliphatic rings. The second-order valence-corrected chi connectivity index (χ2v) is 12.2. The molecule has 204 valence electrons. The molecule has 1 atom stereocenters. The second kappa shape index (κ2) is 10.4. The minimum Gasteiger partial charge on any atom is -0.491 e. The van der Waals surface area contributed by atoms with Crippen LogP contribution in [0.4, 0.5) is 5.69 Å². The van der Waals surface area contributed by atoms with Crippen molar-refractivity contribution in [3.63, 3.8) is 0 Å². The highest BCUT2D eigenvalue weighted by Crippen LogP contribution is 2.41. The third-order valence-corrected chi connectivity index (χ3v) is 9.60. The summed E-state index contributed by atoms with van der Waals surface area (Å²) in [6.45, 7) is 0.528. The smallest absolute Gasteiger partial charge is 0.266 e. The minimum atomic E-state index is -4.17. The molecule has 12 heteroatoms. The number of fused-ring (bicyclic) bond motifs is 1. The number of carbonyl (C=O) groups excluding carboxylic acids is 1. The van der Waals surface area contributed by atoms with E-state index < -0.39 is 27.7 Å². The zero-order valence-electron chi connectivity index (χ0n) is 21.2. The quantitative estimate of drug-likeness (QED) is 0.358. The van der Waals surface area contributed by atoms with Gasteiger partial charge in [-0.05, 0) is 49.9 Å². The number of ether oxygens (including phenoxy) is 2. The Labute approximate surface area is 226 Å². The van der Waals surface area contributed by atoms with E-state index in [2.05, 4.69) is 4.98 Å². The van der Waals surface area contributed by atoms with Gasteiger partial charge in [0.25, 0.3) is 5.91 Å². The van der Waals surface area contributed by atoms with E-state index >= 15 is 0 Å². The minimum absolute atomic E-state index is 0.0548. The van der Waals surface area contributed by atoms with Gasteiger partial charge in [0.1, 0.15) is 29.0 Å². The summed E-state index contributed by atoms with van der Waals surface area (Å²) >= 11 is 6.50. The van der Waals surface area contributed by atoms with Crippen LogP contribution in [0.5, 0.6) is 5.75 Å². The summed E-state index contributed by atoms with van der Waals surface area (Å²) in [5.41, 5.74) is 12.6. The lowest BCUT2D eigenvalue weighted by Crippen LogP contribution is -2.52. The molecule has 10 nitrogen and oxygen atoms in total. The van der Waals surface area contributed by atoms with E-state index in [1.165, 1.54) is 4.31 Å². The third kappa shape index (κ3) is 4.96. The average Bonchev–Trinajstić information content (AvgIpc) is 3.52. The van der Waals surface area contributed by atoms with Crippen LogP contribution in [0, 0.1) is 0 Å². The van der Waals surface area contributed by atoms with Crippen LogP contribution in [0.3, 0.4) is 0 Å². The molecule has 1 saturated heterocycles. The molecule has 2 aromatic carbocycles. The number of H-pyrrole nitrogens is 1. The number of benzene rings is 2. The van der Waals surface area contributed by atoms with Gasteiger partial charge >= 0.3 is 0 Å². The van der Waals surface area contributed by atoms with E-state index in [0.29, 0.717) is 27.4 Å². The average molecular weight is 562 g/mol. The van der Waals surface area contributed by atoms with Gasteiger partial charge in [0.2, 0.25) is 10.0 Å². The Morgan fingerprint density at radius 2 is 1.97 bits per heavy atom. The molecule has 1 aliphatic carbocycles. The van der Waals surface area contributed by atoms with Gasteiger partial charge in [-0.15, -0.1) is 0 Å². The van der Waals surface area contributed by atoms with Crippen LogP contribution in [0.15, 0.2) is 47.4 Å². The van der Waals surface area contributed by atoms with Crippen LogP contribution in [0.1, 0.15) is 36.2 Å². The first-order valence-corrected chi connectivity index (χ1v) is 14.4. The molecule has 0 radical (unpaired) electrons. The van der Waals surface area contributed by atoms with Gasteiger partial charge in [0, 0.05) is 30.5 Å². The Hall–Kier alpha value is -2.83. The fourth-order valence-corrected chi connectivity index (χ4v) is 7.33. The lowest BCUT2D eigenvalue weighted by Gasteiger charge is -2.37. The Morgan fingerprint density at radius 3 is 2.66 bits per heavy atom. The number of morpholine rings is 1. The van der Waals surface area contributed by atoms with Gasteiger partial charge < -0.3 is 30.8 Å². The number of nitrogens with one attached hydrogen (secondary N) is 1. The number of aromatic nitrogens is 1. The molecule has 38 heavy (non-hydrogen) atoms. The first kappa shape index (κ1) is 26.8. The van der Waals surface area contributed by atoms with Crippen LogP contribution in [-0.2, 0) is 14.8 Å². The molecule has 1 aromatic heterocycles. The monoisotopic (exact) mass is 561 g/mol. The zero-order chi connectivity index (χ0) is 27.1. The molecule has 2 heterocycles. The highest BCUT2D eigenvalue weighted by atomic mass is 35.5. The van der Waals surface area contributed by atoms with Crippen molar-refractivity contribution in [1.29, 1.82) is 0 Å². The Balaban J connectivity index is 1.51. The van der Waals surface area contributed by atoms with Crippen molar-refractivity contribution in [1.82, 2.24) is 9.29 Å². The van der Waals surface area contributed by atoms with Gasteiger partial charge in [-0.2, -0.15) is 4.31 Å². The van der Waals surface area contributed by atoms with Gasteiger partial charge in [0.05, 0.1) is 23.5 Å². The first-order chi connectivity index (χ1) is 18.1. The third-order valence-electron chi connectivity index (χ3n) is 7.43. The number of anilines is 1. The predicted octanol–water partition coefficient (Wildman–Crippen LogP) is 3.05. The Bertz CT molecular complexity index is 1440. The molecule has 3 aromatic rings. The van der Waals surface area contributed by atoms with Crippen molar-refractivity contribution in [3.8, 4) is 5.75 Å². The topological polar surface area (TPSA) is 144 Å². The highest BCUT2D eigenvalue weighted by molar-refractivity contribution is 7.89. The lowest BCUT2D eigenvalue weighted by molar-refractivity contribution is -0.0249. The van der Waals surface area contributed by atoms with Crippen molar-refractivity contribution in [3.05, 3.63) is 53.2 Å². The number of rotatable bonds is 8. The van der Waals surface area contributed by atoms with Crippen LogP contribution in [-0.4, -0.2) is 68.7 Å². The fourth-order valence-electron chi connectivity index (χ4n) is 5.33. The number of para-hydroxylation sites is 1. The Morgan fingerprint density at radius 1 is 1.26 bits per heavy atom. The largest absolute Gasteiger partial charge is 0.491 e. The van der Waals surface area contributed by atoms with Crippen molar-refractivity contribution in [2.75, 3.05) is 38.3 Å². The molecule has 5 rings (SSSR count). The number of hydrogen-bond donors (Lipinski definition) is 3. The fraction of sp³-hybridized carbons (Fsp3) is 0.423. The highest BCUT2D eigenvalue weighted by Gasteiger charge is 2.39. The summed E-state index contributed by atoms with van der Waals surface area (Å²) in [6.07, 6.45) is 3.06. The van der Waals surface area contributed by atoms with Crippen molar-refractivity contribution in [2.45, 2.75) is 42.3 Å². The van der Waals surface area contributed by atoms with Gasteiger partial charge in [-0.1, -0.05) is 29.8 Å². The summed E-state index contributed by atoms with van der Waals surface area (Å²) in [5.74, 6) is -0.222. The molecule has 1 amide bonds. The van der Waals surface area contributed by atoms with Crippen LogP contribution < -0.4 is 21.1 Å². The van der Waals surface area contributed by atoms with Crippen LogP contribution >= 0.6 is 11.6 Å². The molecule has 0 bridgehead atoms. The Kier molecular flexibility index (Phi) is 7.31. The molecule has 1 aliphatic heterocycles. The van der Waals surface area contributed by atoms with Gasteiger partial charge in [0.15, 0.2) is 0 Å². The number of sulfonamides is 1. The summed E-state index contributed by atoms with van der Waals surface area (Å²) in [4.78, 5) is 17.2. The standard InChI is InChI=1S/C26H32ClN5O5S/c1-31(26(29)9-5-6-10-26)21-14-17(27)13-20-22(21)30-23(25(28)33)24(20)38(34,35)32-11-12-36-19(15-32)16-37-18-7-3-2-4-8-18/h2-4,7-8,13-14,19,30H,5-6,9-12,15-16,29H2,1H3,(H2,28,33)/t19-/m0/s1. The van der Waals surface area contributed by atoms with Crippen molar-refractivity contribution >= 4 is 44.1 Å². The number of amides is 1. The van der Waals surface area contributed by atoms with E-state index in [9.17, 15) is 13.2 Å². The summed E-state index contributed by atoms with van der Waals surface area (Å²) in [5, 5.41) is 0.613. The molecule has 0 unspecified atom stereocenters. The number of halogens is 1. The maximum Gasteiger partial charge on any atom is 0.266 e. The van der Waals surface area contributed by atoms with E-state index in [0.717, 1.165) is 25.7 Å². The number of aromatic amines is 1. The van der Waals surface area contributed by atoms with E-state index in [1.54, 1.807) is 12.1 Å². The zero-order valence-corrected chi connectivity index (χ0v) is 22.7. The molecule has 0 spiro atoms. The number of nitrogens with zero attached hydrogens (tertiary/aromatic N) is 2. The summed E-state index contributed by atoms with van der Waals surface area (Å²) in [7, 11) is -2.32. The summed E-state index contributed by atoms with van der Waals surface area (Å²) < 4.78 is 40.9. The van der Waals surface area contributed by atoms with Crippen molar-refractivity contribution in [2.24, 2.45) is 11.5 Å². The van der Waals surface area contributed by atoms with E-state index in [-0.39, 0.29) is 36.9 Å². The predicted molar refractivity (Wildman–Crippen MR) is 146 cm³/mol. The molecular formula is C26H32ClN5O5S. The summed E-state index contributed by atoms with van der Waals surface area (Å²) in [6, 6.07) is 12.5. The number of hydrogen-bond acceptors (Lipinski definition) is 7. The second-order valence-electron chi connectivity index (χ2n) is 9.89. The van der Waals surface area contributed by atoms with Crippen LogP contribution in [0.25, 0.3) is 10.9 Å². The SMILES string of the molecule is CN(c1cc(Cl)cc2c(S(=O)(=O)N3CCO[C@H](COc4ccccc4)C3)c(C(N)=O)[nH]c12)C1(N)CCCC1. The number of primary amides is 1. The first-order valence-electron chi connectivity index (χ1n) is 12.6. The maximum atomic E-state index is 14.0. The van der Waals surface area contributed by atoms with Gasteiger partial charge in [-0.3, -0.25) is 4.79 Å². The molecule has 2 fully saturated rings. The normalized spacial score (nSPS) is 20.0. The van der Waals surface area contributed by atoms with E-state index in [1.807, 2.05) is 42.3 Å². The van der Waals surface area contributed by atoms with Crippen LogP contribution in [0.2, 0.25) is 5.02 Å². The molecule has 5 N–H and O–H groups in total. The van der Waals surface area contributed by atoms with Crippen molar-refractivity contribution < 1.29 is 22.7 Å². The number of nitrogens with two attached hydrogens (primary N) is 2. The van der Waals surface area contributed by atoms with Gasteiger partial charge in [-0.25, -0.2) is 8.42 Å². The lowest BCUT2D eigenvalue weighted by atomic mass is 10.1. The molecule has 1 saturated carbocycles. The number of carbonyl (C=O) groups is 1.